The van der Waals surface area contributed by atoms with Crippen LogP contribution in [0, 0.1) is 20.8 Å². The number of benzene rings is 1. The van der Waals surface area contributed by atoms with E-state index in [2.05, 4.69) is 50.2 Å². The van der Waals surface area contributed by atoms with Gasteiger partial charge in [-0.05, 0) is 57.6 Å². The number of fused-ring (bicyclic) bond motifs is 1. The molecule has 11 nitrogen and oxygen atoms in total. The monoisotopic (exact) mass is 519 g/mol. The maximum absolute atomic E-state index is 12.9. The van der Waals surface area contributed by atoms with E-state index >= 15 is 0 Å². The third kappa shape index (κ3) is 5.78. The van der Waals surface area contributed by atoms with E-state index in [0.717, 1.165) is 30.9 Å². The molecule has 38 heavy (non-hydrogen) atoms. The van der Waals surface area contributed by atoms with Gasteiger partial charge >= 0.3 is 6.03 Å². The number of aryl methyl sites for hydroxylation is 2. The number of hydrogen-bond donors (Lipinski definition) is 5. The van der Waals surface area contributed by atoms with Crippen molar-refractivity contribution in [2.45, 2.75) is 34.6 Å². The summed E-state index contributed by atoms with van der Waals surface area (Å²) in [5.74, 6) is 0.472. The fraction of sp³-hybridized carbons (Fsp3) is 0.333. The summed E-state index contributed by atoms with van der Waals surface area (Å²) in [6, 6.07) is 6.27. The molecule has 1 aromatic carbocycles. The molecule has 0 aliphatic carbocycles. The number of amides is 4. The molecule has 0 bridgehead atoms. The Morgan fingerprint density at radius 1 is 1.11 bits per heavy atom. The molecule has 0 unspecified atom stereocenters. The van der Waals surface area contributed by atoms with E-state index < -0.39 is 6.03 Å². The van der Waals surface area contributed by atoms with Crippen LogP contribution in [-0.2, 0) is 4.79 Å². The molecule has 11 heteroatoms. The van der Waals surface area contributed by atoms with Crippen LogP contribution >= 0.6 is 0 Å². The van der Waals surface area contributed by atoms with Crippen LogP contribution in [0.15, 0.2) is 28.8 Å². The Kier molecular flexibility index (Phi) is 7.96. The molecule has 3 aromatic rings. The molecule has 2 aromatic heterocycles. The minimum atomic E-state index is -0.487. The first-order chi connectivity index (χ1) is 18.2. The van der Waals surface area contributed by atoms with E-state index in [9.17, 15) is 14.4 Å². The second-order valence-corrected chi connectivity index (χ2v) is 9.12. The van der Waals surface area contributed by atoms with Crippen LogP contribution in [-0.4, -0.2) is 59.1 Å². The number of carbonyl (C=O) groups excluding carboxylic acids is 3. The zero-order valence-corrected chi connectivity index (χ0v) is 22.2. The Balaban J connectivity index is 1.48. The summed E-state index contributed by atoms with van der Waals surface area (Å²) >= 11 is 0. The maximum Gasteiger partial charge on any atom is 0.324 e. The van der Waals surface area contributed by atoms with Crippen molar-refractivity contribution in [1.82, 2.24) is 20.4 Å². The van der Waals surface area contributed by atoms with E-state index in [4.69, 9.17) is 4.52 Å². The van der Waals surface area contributed by atoms with Crippen molar-refractivity contribution >= 4 is 46.7 Å². The van der Waals surface area contributed by atoms with Gasteiger partial charge in [0, 0.05) is 41.8 Å². The van der Waals surface area contributed by atoms with Crippen molar-refractivity contribution in [1.29, 1.82) is 0 Å². The van der Waals surface area contributed by atoms with Crippen LogP contribution < -0.4 is 21.3 Å². The van der Waals surface area contributed by atoms with Crippen LogP contribution in [0.25, 0.3) is 11.6 Å². The fourth-order valence-electron chi connectivity index (χ4n) is 4.48. The van der Waals surface area contributed by atoms with Gasteiger partial charge in [0.25, 0.3) is 11.8 Å². The first kappa shape index (κ1) is 26.7. The van der Waals surface area contributed by atoms with Crippen LogP contribution in [0.2, 0.25) is 0 Å². The first-order valence-corrected chi connectivity index (χ1v) is 12.6. The minimum Gasteiger partial charge on any atom is -0.360 e. The van der Waals surface area contributed by atoms with Gasteiger partial charge in [-0.25, -0.2) is 4.79 Å². The first-order valence-electron chi connectivity index (χ1n) is 12.6. The lowest BCUT2D eigenvalue weighted by atomic mass is 10.0. The molecule has 0 atom stereocenters. The molecule has 0 spiro atoms. The zero-order chi connectivity index (χ0) is 27.4. The number of nitrogens with one attached hydrogen (secondary N) is 5. The van der Waals surface area contributed by atoms with Gasteiger partial charge in [-0.15, -0.1) is 0 Å². The molecule has 0 radical (unpaired) electrons. The molecule has 5 N–H and O–H groups in total. The Morgan fingerprint density at radius 2 is 1.87 bits per heavy atom. The van der Waals surface area contributed by atoms with E-state index in [1.165, 1.54) is 0 Å². The van der Waals surface area contributed by atoms with Crippen molar-refractivity contribution < 1.29 is 18.9 Å². The molecule has 4 rings (SSSR count). The maximum atomic E-state index is 12.9. The summed E-state index contributed by atoms with van der Waals surface area (Å²) in [6.07, 6.45) is 1.75. The van der Waals surface area contributed by atoms with Gasteiger partial charge in [0.1, 0.15) is 5.76 Å². The molecule has 1 aliphatic rings. The molecule has 0 fully saturated rings. The Morgan fingerprint density at radius 3 is 2.55 bits per heavy atom. The average molecular weight is 520 g/mol. The highest BCUT2D eigenvalue weighted by Crippen LogP contribution is 2.35. The molecule has 0 saturated heterocycles. The lowest BCUT2D eigenvalue weighted by Crippen LogP contribution is -2.35. The number of urea groups is 1. The summed E-state index contributed by atoms with van der Waals surface area (Å²) < 4.78 is 4.94. The number of aromatic amines is 1. The summed E-state index contributed by atoms with van der Waals surface area (Å²) in [4.78, 5) is 43.5. The SMILES string of the molecule is CCN(CC)CCNC(=O)c1c(C)[nH]c(/C=C2\C(=O)Nc3cc(NC(=O)Nc4cc(C)on4)ccc32)c1C. The van der Waals surface area contributed by atoms with Gasteiger partial charge in [-0.1, -0.05) is 25.1 Å². The lowest BCUT2D eigenvalue weighted by Gasteiger charge is -2.18. The third-order valence-electron chi connectivity index (χ3n) is 6.53. The van der Waals surface area contributed by atoms with Crippen molar-refractivity contribution in [2.24, 2.45) is 0 Å². The highest BCUT2D eigenvalue weighted by atomic mass is 16.5. The minimum absolute atomic E-state index is 0.140. The Labute approximate surface area is 221 Å². The molecule has 4 amide bonds. The molecular formula is C27H33N7O4. The van der Waals surface area contributed by atoms with Gasteiger partial charge in [0.05, 0.1) is 16.8 Å². The second-order valence-electron chi connectivity index (χ2n) is 9.12. The van der Waals surface area contributed by atoms with Crippen molar-refractivity contribution in [2.75, 3.05) is 42.1 Å². The number of anilines is 3. The van der Waals surface area contributed by atoms with Crippen LogP contribution in [0.3, 0.4) is 0 Å². The summed E-state index contributed by atoms with van der Waals surface area (Å²) in [5, 5.41) is 14.9. The predicted molar refractivity (Wildman–Crippen MR) is 147 cm³/mol. The number of carbonyl (C=O) groups is 3. The van der Waals surface area contributed by atoms with Crippen molar-refractivity contribution in [3.8, 4) is 0 Å². The van der Waals surface area contributed by atoms with Gasteiger partial charge in [0.2, 0.25) is 0 Å². The van der Waals surface area contributed by atoms with E-state index in [1.807, 2.05) is 13.8 Å². The number of likely N-dealkylation sites (N-methyl/N-ethyl adjacent to an activating group) is 1. The lowest BCUT2D eigenvalue weighted by molar-refractivity contribution is -0.110. The molecule has 200 valence electrons. The third-order valence-corrected chi connectivity index (χ3v) is 6.53. The molecular weight excluding hydrogens is 486 g/mol. The number of H-pyrrole nitrogens is 1. The smallest absolute Gasteiger partial charge is 0.324 e. The largest absolute Gasteiger partial charge is 0.360 e. The highest BCUT2D eigenvalue weighted by molar-refractivity contribution is 6.35. The Hall–Kier alpha value is -4.38. The predicted octanol–water partition coefficient (Wildman–Crippen LogP) is 4.14. The van der Waals surface area contributed by atoms with E-state index in [-0.39, 0.29) is 11.8 Å². The van der Waals surface area contributed by atoms with E-state index in [0.29, 0.717) is 51.9 Å². The van der Waals surface area contributed by atoms with Crippen molar-refractivity contribution in [3.63, 3.8) is 0 Å². The van der Waals surface area contributed by atoms with Crippen LogP contribution in [0.5, 0.6) is 0 Å². The number of nitrogens with zero attached hydrogens (tertiary/aromatic N) is 2. The second kappa shape index (κ2) is 11.3. The topological polar surface area (TPSA) is 144 Å². The van der Waals surface area contributed by atoms with Gasteiger partial charge in [-0.3, -0.25) is 14.9 Å². The number of aromatic nitrogens is 2. The quantitative estimate of drug-likeness (QED) is 0.269. The van der Waals surface area contributed by atoms with Gasteiger partial charge in [0.15, 0.2) is 5.82 Å². The number of hydrogen-bond acceptors (Lipinski definition) is 6. The highest BCUT2D eigenvalue weighted by Gasteiger charge is 2.26. The normalized spacial score (nSPS) is 13.5. The average Bonchev–Trinajstić information content (AvgIpc) is 3.51. The number of rotatable bonds is 9. The van der Waals surface area contributed by atoms with Gasteiger partial charge < -0.3 is 30.4 Å². The summed E-state index contributed by atoms with van der Waals surface area (Å²) in [7, 11) is 0. The van der Waals surface area contributed by atoms with Crippen LogP contribution in [0.4, 0.5) is 22.0 Å². The fourth-order valence-corrected chi connectivity index (χ4v) is 4.48. The molecule has 0 saturated carbocycles. The molecule has 1 aliphatic heterocycles. The Bertz CT molecular complexity index is 1400. The summed E-state index contributed by atoms with van der Waals surface area (Å²) in [6.45, 7) is 12.8. The summed E-state index contributed by atoms with van der Waals surface area (Å²) in [5.41, 5.74) is 5.03. The molecule has 3 heterocycles. The van der Waals surface area contributed by atoms with Crippen molar-refractivity contribution in [3.05, 3.63) is 58.1 Å². The van der Waals surface area contributed by atoms with Crippen LogP contribution in [0.1, 0.15) is 52.5 Å². The zero-order valence-electron chi connectivity index (χ0n) is 22.2. The van der Waals surface area contributed by atoms with Gasteiger partial charge in [-0.2, -0.15) is 0 Å². The standard InChI is InChI=1S/C27H33N7O4/c1-6-34(7-2)11-10-28-26(36)24-16(4)21(29-17(24)5)14-20-19-9-8-18(13-22(19)31-25(20)35)30-27(37)32-23-12-15(3)38-33-23/h8-9,12-14,29H,6-7,10-11H2,1-5H3,(H,28,36)(H,31,35)(H2,30,32,33,37)/b20-14-. The van der Waals surface area contributed by atoms with E-state index in [1.54, 1.807) is 37.3 Å².